The number of rotatable bonds is 4. The summed E-state index contributed by atoms with van der Waals surface area (Å²) in [6, 6.07) is 7.12. The quantitative estimate of drug-likeness (QED) is 0.870. The molecular weight excluding hydrogens is 275 g/mol. The molecule has 2 rings (SSSR count). The van der Waals surface area contributed by atoms with Gasteiger partial charge in [0.25, 0.3) is 0 Å². The standard InChI is InChI=1S/C17H18F3N/c1-10(2)21-9-12-5-7-14(18)13(8-12)16-15(19)6-4-11(3)17(16)20/h4-8,10,21H,9H2,1-3H3. The van der Waals surface area contributed by atoms with Crippen LogP contribution >= 0.6 is 0 Å². The van der Waals surface area contributed by atoms with Crippen molar-refractivity contribution in [3.05, 3.63) is 58.9 Å². The highest BCUT2D eigenvalue weighted by Gasteiger charge is 2.17. The highest BCUT2D eigenvalue weighted by atomic mass is 19.1. The molecule has 0 aliphatic rings. The predicted octanol–water partition coefficient (Wildman–Crippen LogP) is 4.58. The second-order valence-corrected chi connectivity index (χ2v) is 5.40. The van der Waals surface area contributed by atoms with Gasteiger partial charge in [-0.25, -0.2) is 13.2 Å². The van der Waals surface area contributed by atoms with Crippen molar-refractivity contribution in [2.45, 2.75) is 33.4 Å². The summed E-state index contributed by atoms with van der Waals surface area (Å²) in [4.78, 5) is 0. The van der Waals surface area contributed by atoms with Crippen molar-refractivity contribution < 1.29 is 13.2 Å². The lowest BCUT2D eigenvalue weighted by molar-refractivity contribution is 0.574. The van der Waals surface area contributed by atoms with Crippen LogP contribution in [-0.4, -0.2) is 6.04 Å². The fourth-order valence-corrected chi connectivity index (χ4v) is 2.10. The number of benzene rings is 2. The Bertz CT molecular complexity index is 651. The van der Waals surface area contributed by atoms with Crippen LogP contribution in [0.2, 0.25) is 0 Å². The van der Waals surface area contributed by atoms with Crippen molar-refractivity contribution in [3.63, 3.8) is 0 Å². The monoisotopic (exact) mass is 293 g/mol. The van der Waals surface area contributed by atoms with Gasteiger partial charge in [-0.1, -0.05) is 26.0 Å². The second kappa shape index (κ2) is 6.31. The predicted molar refractivity (Wildman–Crippen MR) is 78.5 cm³/mol. The Morgan fingerprint density at radius 1 is 1.00 bits per heavy atom. The maximum atomic E-state index is 14.2. The number of hydrogen-bond acceptors (Lipinski definition) is 1. The molecule has 0 bridgehead atoms. The van der Waals surface area contributed by atoms with E-state index in [2.05, 4.69) is 5.32 Å². The van der Waals surface area contributed by atoms with Crippen molar-refractivity contribution in [3.8, 4) is 11.1 Å². The molecule has 1 N–H and O–H groups in total. The Kier molecular flexibility index (Phi) is 4.68. The number of nitrogens with one attached hydrogen (secondary N) is 1. The molecule has 0 saturated heterocycles. The molecule has 0 aliphatic carbocycles. The van der Waals surface area contributed by atoms with Crippen molar-refractivity contribution in [1.29, 1.82) is 0 Å². The van der Waals surface area contributed by atoms with E-state index in [0.717, 1.165) is 11.6 Å². The summed E-state index contributed by atoms with van der Waals surface area (Å²) in [6.45, 7) is 6.02. The van der Waals surface area contributed by atoms with Crippen molar-refractivity contribution in [1.82, 2.24) is 5.32 Å². The van der Waals surface area contributed by atoms with E-state index in [1.807, 2.05) is 13.8 Å². The third kappa shape index (κ3) is 3.45. The molecule has 0 unspecified atom stereocenters. The molecule has 112 valence electrons. The molecule has 0 radical (unpaired) electrons. The van der Waals surface area contributed by atoms with Gasteiger partial charge in [0.05, 0.1) is 5.56 Å². The smallest absolute Gasteiger partial charge is 0.136 e. The topological polar surface area (TPSA) is 12.0 Å². The molecule has 0 heterocycles. The first kappa shape index (κ1) is 15.6. The van der Waals surface area contributed by atoms with E-state index in [9.17, 15) is 13.2 Å². The fraction of sp³-hybridized carbons (Fsp3) is 0.294. The van der Waals surface area contributed by atoms with E-state index in [1.165, 1.54) is 25.1 Å². The van der Waals surface area contributed by atoms with Gasteiger partial charge in [0.1, 0.15) is 17.5 Å². The van der Waals surface area contributed by atoms with Crippen LogP contribution in [0.5, 0.6) is 0 Å². The highest BCUT2D eigenvalue weighted by molar-refractivity contribution is 5.67. The van der Waals surface area contributed by atoms with Crippen LogP contribution in [0.4, 0.5) is 13.2 Å². The molecule has 21 heavy (non-hydrogen) atoms. The SMILES string of the molecule is Cc1ccc(F)c(-c2cc(CNC(C)C)ccc2F)c1F. The first-order valence-electron chi connectivity index (χ1n) is 6.87. The van der Waals surface area contributed by atoms with Gasteiger partial charge in [-0.05, 0) is 36.2 Å². The summed E-state index contributed by atoms with van der Waals surface area (Å²) < 4.78 is 42.1. The van der Waals surface area contributed by atoms with Crippen LogP contribution in [0.1, 0.15) is 25.0 Å². The van der Waals surface area contributed by atoms with Gasteiger partial charge in [0.15, 0.2) is 0 Å². The maximum absolute atomic E-state index is 14.2. The van der Waals surface area contributed by atoms with Crippen LogP contribution in [-0.2, 0) is 6.54 Å². The molecular formula is C17H18F3N. The van der Waals surface area contributed by atoms with Crippen LogP contribution in [0.15, 0.2) is 30.3 Å². The zero-order chi connectivity index (χ0) is 15.6. The van der Waals surface area contributed by atoms with Crippen LogP contribution < -0.4 is 5.32 Å². The minimum Gasteiger partial charge on any atom is -0.310 e. The molecule has 0 aliphatic heterocycles. The van der Waals surface area contributed by atoms with Gasteiger partial charge in [-0.3, -0.25) is 0 Å². The fourth-order valence-electron chi connectivity index (χ4n) is 2.10. The summed E-state index contributed by atoms with van der Waals surface area (Å²) in [5, 5.41) is 3.19. The average Bonchev–Trinajstić information content (AvgIpc) is 2.43. The third-order valence-electron chi connectivity index (χ3n) is 3.30. The van der Waals surface area contributed by atoms with E-state index in [4.69, 9.17) is 0 Å². The Morgan fingerprint density at radius 3 is 2.33 bits per heavy atom. The molecule has 0 atom stereocenters. The Morgan fingerprint density at radius 2 is 1.67 bits per heavy atom. The van der Waals surface area contributed by atoms with E-state index in [-0.39, 0.29) is 22.7 Å². The van der Waals surface area contributed by atoms with Gasteiger partial charge >= 0.3 is 0 Å². The lowest BCUT2D eigenvalue weighted by atomic mass is 9.99. The number of aryl methyl sites for hydroxylation is 1. The normalized spacial score (nSPS) is 11.2. The Balaban J connectivity index is 2.49. The van der Waals surface area contributed by atoms with Crippen molar-refractivity contribution in [2.75, 3.05) is 0 Å². The minimum absolute atomic E-state index is 0.0447. The van der Waals surface area contributed by atoms with Gasteiger partial charge < -0.3 is 5.32 Å². The molecule has 0 aromatic heterocycles. The van der Waals surface area contributed by atoms with Crippen LogP contribution in [0.3, 0.4) is 0 Å². The Labute approximate surface area is 122 Å². The summed E-state index contributed by atoms with van der Waals surface area (Å²) >= 11 is 0. The summed E-state index contributed by atoms with van der Waals surface area (Å²) in [5.41, 5.74) is 0.715. The maximum Gasteiger partial charge on any atom is 0.136 e. The lowest BCUT2D eigenvalue weighted by Crippen LogP contribution is -2.21. The van der Waals surface area contributed by atoms with Gasteiger partial charge in [0.2, 0.25) is 0 Å². The largest absolute Gasteiger partial charge is 0.310 e. The minimum atomic E-state index is -0.758. The van der Waals surface area contributed by atoms with E-state index < -0.39 is 17.5 Å². The second-order valence-electron chi connectivity index (χ2n) is 5.40. The molecule has 2 aromatic carbocycles. The molecule has 0 amide bonds. The molecule has 0 saturated carbocycles. The number of hydrogen-bond donors (Lipinski definition) is 1. The number of halogens is 3. The molecule has 4 heteroatoms. The highest BCUT2D eigenvalue weighted by Crippen LogP contribution is 2.30. The van der Waals surface area contributed by atoms with Crippen molar-refractivity contribution in [2.24, 2.45) is 0 Å². The summed E-state index contributed by atoms with van der Waals surface area (Å²) in [7, 11) is 0. The van der Waals surface area contributed by atoms with Gasteiger partial charge in [-0.15, -0.1) is 0 Å². The van der Waals surface area contributed by atoms with E-state index in [0.29, 0.717) is 6.54 Å². The van der Waals surface area contributed by atoms with Crippen molar-refractivity contribution >= 4 is 0 Å². The summed E-state index contributed by atoms with van der Waals surface area (Å²) in [6.07, 6.45) is 0. The zero-order valence-corrected chi connectivity index (χ0v) is 12.3. The third-order valence-corrected chi connectivity index (χ3v) is 3.30. The lowest BCUT2D eigenvalue weighted by Gasteiger charge is -2.12. The van der Waals surface area contributed by atoms with Gasteiger partial charge in [0, 0.05) is 18.2 Å². The molecule has 1 nitrogen and oxygen atoms in total. The first-order chi connectivity index (χ1) is 9.90. The van der Waals surface area contributed by atoms with Crippen LogP contribution in [0.25, 0.3) is 11.1 Å². The summed E-state index contributed by atoms with van der Waals surface area (Å²) in [5.74, 6) is -2.11. The Hall–Kier alpha value is -1.81. The van der Waals surface area contributed by atoms with E-state index in [1.54, 1.807) is 6.07 Å². The molecule has 0 fully saturated rings. The molecule has 2 aromatic rings. The molecule has 0 spiro atoms. The average molecular weight is 293 g/mol. The van der Waals surface area contributed by atoms with E-state index >= 15 is 0 Å². The zero-order valence-electron chi connectivity index (χ0n) is 12.3. The van der Waals surface area contributed by atoms with Crippen LogP contribution in [0, 0.1) is 24.4 Å². The van der Waals surface area contributed by atoms with Gasteiger partial charge in [-0.2, -0.15) is 0 Å². The first-order valence-corrected chi connectivity index (χ1v) is 6.87.